The maximum atomic E-state index is 9.02. The van der Waals surface area contributed by atoms with Gasteiger partial charge >= 0.3 is 51.4 Å². The number of carboxylic acid groups (broad SMARTS) is 1. The van der Waals surface area contributed by atoms with E-state index in [0.29, 0.717) is 0 Å². The van der Waals surface area contributed by atoms with Gasteiger partial charge in [0, 0.05) is 0 Å². The second-order valence-corrected chi connectivity index (χ2v) is 0.432. The number of hydrogen-bond acceptors (Lipinski definition) is 3. The fourth-order valence-corrected chi connectivity index (χ4v) is 0. The van der Waals surface area contributed by atoms with Crippen molar-refractivity contribution in [2.75, 3.05) is 0 Å². The third kappa shape index (κ3) is 8.85. The Hall–Kier alpha value is 0.866. The number of hydrazine groups is 1. The zero-order valence-corrected chi connectivity index (χ0v) is 6.52. The molecule has 0 saturated heterocycles. The Morgan fingerprint density at radius 3 is 2.00 bits per heavy atom. The van der Waals surface area contributed by atoms with E-state index in [0.717, 1.165) is 0 Å². The molecular weight excluding hydrogens is 111 g/mol. The third-order valence-corrected chi connectivity index (χ3v) is 0.118. The monoisotopic (exact) mass is 114 g/mol. The zero-order valence-electron chi connectivity index (χ0n) is 3.39. The second kappa shape index (κ2) is 5.87. The normalized spacial score (nSPS) is 5.50. The molecule has 0 rings (SSSR count). The first-order valence-electron chi connectivity index (χ1n) is 0.947. The van der Waals surface area contributed by atoms with E-state index >= 15 is 0 Å². The van der Waals surface area contributed by atoms with Gasteiger partial charge in [0.1, 0.15) is 6.09 Å². The van der Waals surface area contributed by atoms with Gasteiger partial charge in [-0.15, -0.1) is 0 Å². The van der Waals surface area contributed by atoms with E-state index in [1.807, 2.05) is 0 Å². The molecule has 0 unspecified atom stereocenters. The van der Waals surface area contributed by atoms with Crippen molar-refractivity contribution < 1.29 is 61.3 Å². The van der Waals surface area contributed by atoms with Crippen LogP contribution < -0.4 is 67.8 Å². The van der Waals surface area contributed by atoms with Gasteiger partial charge in [0.15, 0.2) is 0 Å². The SMILES string of the molecule is NNC(=O)[O-].[K+]. The summed E-state index contributed by atoms with van der Waals surface area (Å²) in [5.74, 6) is 4.26. The van der Waals surface area contributed by atoms with Crippen molar-refractivity contribution in [3.63, 3.8) is 0 Å². The van der Waals surface area contributed by atoms with Gasteiger partial charge in [0.25, 0.3) is 0 Å². The molecule has 0 fully saturated rings. The van der Waals surface area contributed by atoms with Crippen LogP contribution in [0.3, 0.4) is 0 Å². The Kier molecular flexibility index (Phi) is 9.76. The molecule has 0 saturated carbocycles. The molecule has 0 atom stereocenters. The van der Waals surface area contributed by atoms with Crippen molar-refractivity contribution in [1.82, 2.24) is 5.43 Å². The predicted octanol–water partition coefficient (Wildman–Crippen LogP) is -5.20. The number of carbonyl (C=O) groups excluding carboxylic acids is 1. The van der Waals surface area contributed by atoms with Gasteiger partial charge in [-0.25, -0.2) is 5.84 Å². The molecule has 0 spiro atoms. The molecule has 0 bridgehead atoms. The van der Waals surface area contributed by atoms with Crippen molar-refractivity contribution in [2.45, 2.75) is 0 Å². The van der Waals surface area contributed by atoms with Crippen LogP contribution in [0.5, 0.6) is 0 Å². The van der Waals surface area contributed by atoms with E-state index in [9.17, 15) is 0 Å². The quantitative estimate of drug-likeness (QED) is 0.143. The molecule has 0 heterocycles. The number of carbonyl (C=O) groups is 1. The Labute approximate surface area is 77.5 Å². The largest absolute Gasteiger partial charge is 1.00 e. The molecule has 0 aliphatic rings. The average molecular weight is 114 g/mol. The molecule has 0 aromatic rings. The Morgan fingerprint density at radius 1 is 1.83 bits per heavy atom. The van der Waals surface area contributed by atoms with Crippen LogP contribution in [0.2, 0.25) is 0 Å². The van der Waals surface area contributed by atoms with Crippen molar-refractivity contribution in [3.8, 4) is 0 Å². The molecule has 3 N–H and O–H groups in total. The smallest absolute Gasteiger partial charge is 0.529 e. The van der Waals surface area contributed by atoms with Gasteiger partial charge in [-0.3, -0.25) is 0 Å². The average Bonchev–Trinajstić information content (AvgIpc) is 1.38. The molecule has 0 radical (unpaired) electrons. The number of hydrogen-bond donors (Lipinski definition) is 2. The number of nitrogens with two attached hydrogens (primary N) is 1. The van der Waals surface area contributed by atoms with Crippen LogP contribution in [0, 0.1) is 0 Å². The topological polar surface area (TPSA) is 78.2 Å². The summed E-state index contributed by atoms with van der Waals surface area (Å²) in [5.41, 5.74) is 1.33. The zero-order chi connectivity index (χ0) is 4.28. The van der Waals surface area contributed by atoms with Crippen LogP contribution >= 0.6 is 0 Å². The first kappa shape index (κ1) is 9.98. The summed E-state index contributed by atoms with van der Waals surface area (Å²) < 4.78 is 0. The summed E-state index contributed by atoms with van der Waals surface area (Å²) >= 11 is 0. The van der Waals surface area contributed by atoms with Gasteiger partial charge < -0.3 is 15.3 Å². The van der Waals surface area contributed by atoms with Crippen LogP contribution in [0.15, 0.2) is 0 Å². The first-order valence-corrected chi connectivity index (χ1v) is 0.947. The number of rotatable bonds is 0. The summed E-state index contributed by atoms with van der Waals surface area (Å²) in [6.07, 6.45) is -1.47. The van der Waals surface area contributed by atoms with Crippen LogP contribution in [0.25, 0.3) is 0 Å². The van der Waals surface area contributed by atoms with E-state index < -0.39 is 6.09 Å². The number of amides is 1. The maximum Gasteiger partial charge on any atom is 1.00 e. The maximum absolute atomic E-state index is 9.02. The van der Waals surface area contributed by atoms with E-state index in [1.165, 1.54) is 5.43 Å². The Bertz CT molecular complexity index is 46.8. The van der Waals surface area contributed by atoms with Crippen molar-refractivity contribution in [1.29, 1.82) is 0 Å². The van der Waals surface area contributed by atoms with Crippen molar-refractivity contribution >= 4 is 6.09 Å². The van der Waals surface area contributed by atoms with Gasteiger partial charge in [-0.1, -0.05) is 0 Å². The summed E-state index contributed by atoms with van der Waals surface area (Å²) in [5, 5.41) is 9.02. The summed E-state index contributed by atoms with van der Waals surface area (Å²) in [7, 11) is 0. The molecular formula is CH3KN2O2. The molecule has 5 heteroatoms. The standard InChI is InChI=1S/CH4N2O2.K/c2-3-1(4)5;/h3H,2H2,(H,4,5);/q;+1/p-1. The third-order valence-electron chi connectivity index (χ3n) is 0.118. The second-order valence-electron chi connectivity index (χ2n) is 0.432. The Balaban J connectivity index is 0. The van der Waals surface area contributed by atoms with Crippen molar-refractivity contribution in [3.05, 3.63) is 0 Å². The van der Waals surface area contributed by atoms with Crippen LogP contribution in [0.4, 0.5) is 4.79 Å². The predicted molar refractivity (Wildman–Crippen MR) is 12.7 cm³/mol. The summed E-state index contributed by atoms with van der Waals surface area (Å²) in [6.45, 7) is 0. The fourth-order valence-electron chi connectivity index (χ4n) is 0. The minimum atomic E-state index is -1.47. The molecule has 0 aromatic carbocycles. The first-order chi connectivity index (χ1) is 2.27. The van der Waals surface area contributed by atoms with Gasteiger partial charge in [0.05, 0.1) is 0 Å². The van der Waals surface area contributed by atoms with E-state index in [4.69, 9.17) is 9.90 Å². The molecule has 0 aromatic heterocycles. The van der Waals surface area contributed by atoms with Crippen LogP contribution in [-0.2, 0) is 0 Å². The van der Waals surface area contributed by atoms with E-state index in [2.05, 4.69) is 5.84 Å². The van der Waals surface area contributed by atoms with E-state index in [-0.39, 0.29) is 51.4 Å². The van der Waals surface area contributed by atoms with E-state index in [1.54, 1.807) is 0 Å². The summed E-state index contributed by atoms with van der Waals surface area (Å²) in [6, 6.07) is 0. The minimum Gasteiger partial charge on any atom is -0.529 e. The van der Waals surface area contributed by atoms with Gasteiger partial charge in [-0.05, 0) is 0 Å². The van der Waals surface area contributed by atoms with Crippen LogP contribution in [-0.4, -0.2) is 6.09 Å². The molecule has 0 aliphatic carbocycles. The van der Waals surface area contributed by atoms with Crippen molar-refractivity contribution in [2.24, 2.45) is 5.84 Å². The summed E-state index contributed by atoms with van der Waals surface area (Å²) in [4.78, 5) is 9.02. The molecule has 1 amide bonds. The van der Waals surface area contributed by atoms with Crippen LogP contribution in [0.1, 0.15) is 0 Å². The van der Waals surface area contributed by atoms with Gasteiger partial charge in [0.2, 0.25) is 0 Å². The van der Waals surface area contributed by atoms with Gasteiger partial charge in [-0.2, -0.15) is 0 Å². The molecule has 4 nitrogen and oxygen atoms in total. The number of nitrogens with one attached hydrogen (secondary N) is 1. The Morgan fingerprint density at radius 2 is 2.00 bits per heavy atom. The molecule has 6 heavy (non-hydrogen) atoms. The fraction of sp³-hybridized carbons (Fsp3) is 0. The minimum absolute atomic E-state index is 0. The molecule has 0 aliphatic heterocycles. The molecule has 30 valence electrons.